The fourth-order valence-electron chi connectivity index (χ4n) is 1.26. The fraction of sp³-hybridized carbons (Fsp3) is 0. The molecule has 0 atom stereocenters. The van der Waals surface area contributed by atoms with Crippen LogP contribution in [-0.2, 0) is 0 Å². The summed E-state index contributed by atoms with van der Waals surface area (Å²) in [5.41, 5.74) is 1.74. The topological polar surface area (TPSA) is 34.4 Å². The van der Waals surface area contributed by atoms with Crippen LogP contribution in [0, 0.1) is 0 Å². The van der Waals surface area contributed by atoms with Gasteiger partial charge in [-0.15, -0.1) is 0 Å². The van der Waals surface area contributed by atoms with E-state index >= 15 is 0 Å². The number of pyridine rings is 1. The Balaban J connectivity index is 2.54. The predicted octanol–water partition coefficient (Wildman–Crippen LogP) is 1.87. The van der Waals surface area contributed by atoms with Crippen LogP contribution in [0.15, 0.2) is 48.7 Å². The third-order valence-corrected chi connectivity index (χ3v) is 1.90. The van der Waals surface area contributed by atoms with Gasteiger partial charge in [-0.25, -0.2) is 4.98 Å². The Bertz CT molecular complexity index is 398. The van der Waals surface area contributed by atoms with Crippen LogP contribution in [-0.4, -0.2) is 5.11 Å². The number of nitrogens with one attached hydrogen (secondary N) is 1. The molecule has 2 nitrogen and oxygen atoms in total. The maximum atomic E-state index is 9.53. The monoisotopic (exact) mass is 172 g/mol. The first-order chi connectivity index (χ1) is 6.38. The van der Waals surface area contributed by atoms with E-state index in [0.717, 1.165) is 11.3 Å². The molecule has 13 heavy (non-hydrogen) atoms. The van der Waals surface area contributed by atoms with Gasteiger partial charge in [0, 0.05) is 6.07 Å². The number of aromatic nitrogens is 1. The second-order valence-electron chi connectivity index (χ2n) is 2.80. The highest BCUT2D eigenvalue weighted by molar-refractivity contribution is 5.61. The van der Waals surface area contributed by atoms with E-state index in [1.807, 2.05) is 30.3 Å². The highest BCUT2D eigenvalue weighted by atomic mass is 16.3. The summed E-state index contributed by atoms with van der Waals surface area (Å²) in [5, 5.41) is 9.53. The molecular weight excluding hydrogens is 162 g/mol. The zero-order valence-corrected chi connectivity index (χ0v) is 7.07. The molecule has 1 aromatic heterocycles. The van der Waals surface area contributed by atoms with E-state index in [0.29, 0.717) is 0 Å². The minimum absolute atomic E-state index is 0.272. The molecule has 2 rings (SSSR count). The van der Waals surface area contributed by atoms with E-state index in [-0.39, 0.29) is 5.75 Å². The van der Waals surface area contributed by atoms with Gasteiger partial charge in [0.25, 0.3) is 5.69 Å². The molecule has 0 fully saturated rings. The van der Waals surface area contributed by atoms with E-state index in [1.54, 1.807) is 18.3 Å². The van der Waals surface area contributed by atoms with Crippen molar-refractivity contribution >= 4 is 0 Å². The lowest BCUT2D eigenvalue weighted by Crippen LogP contribution is -2.04. The van der Waals surface area contributed by atoms with Gasteiger partial charge in [-0.1, -0.05) is 18.2 Å². The van der Waals surface area contributed by atoms with Crippen molar-refractivity contribution in [2.75, 3.05) is 0 Å². The highest BCUT2D eigenvalue weighted by Crippen LogP contribution is 2.22. The number of aromatic hydroxyl groups is 1. The molecule has 2 heteroatoms. The Labute approximate surface area is 76.5 Å². The molecule has 1 heterocycles. The average molecular weight is 172 g/mol. The average Bonchev–Trinajstić information content (AvgIpc) is 2.20. The number of aromatic amines is 1. The molecule has 0 amide bonds. The quantitative estimate of drug-likeness (QED) is 0.700. The Morgan fingerprint density at radius 2 is 1.69 bits per heavy atom. The lowest BCUT2D eigenvalue weighted by molar-refractivity contribution is -0.365. The van der Waals surface area contributed by atoms with Gasteiger partial charge in [0.15, 0.2) is 11.9 Å². The van der Waals surface area contributed by atoms with Crippen LogP contribution >= 0.6 is 0 Å². The molecule has 0 spiro atoms. The zero-order valence-electron chi connectivity index (χ0n) is 7.07. The minimum atomic E-state index is 0.272. The Morgan fingerprint density at radius 3 is 2.38 bits per heavy atom. The predicted molar refractivity (Wildman–Crippen MR) is 50.1 cm³/mol. The Morgan fingerprint density at radius 1 is 0.923 bits per heavy atom. The number of benzene rings is 1. The summed E-state index contributed by atoms with van der Waals surface area (Å²) in [4.78, 5) is 3.00. The van der Waals surface area contributed by atoms with Crippen molar-refractivity contribution in [1.82, 2.24) is 0 Å². The number of H-pyrrole nitrogens is 1. The molecule has 0 saturated carbocycles. The van der Waals surface area contributed by atoms with Gasteiger partial charge in [-0.05, 0) is 18.2 Å². The third kappa shape index (κ3) is 1.51. The summed E-state index contributed by atoms with van der Waals surface area (Å²) in [6.45, 7) is 0. The van der Waals surface area contributed by atoms with Gasteiger partial charge in [0.05, 0.1) is 5.56 Å². The third-order valence-electron chi connectivity index (χ3n) is 1.90. The van der Waals surface area contributed by atoms with Gasteiger partial charge in [0.2, 0.25) is 0 Å². The second-order valence-corrected chi connectivity index (χ2v) is 2.80. The SMILES string of the molecule is Oc1ccc[nH+]c1-c1ccccc1. The maximum absolute atomic E-state index is 9.53. The number of hydrogen-bond donors (Lipinski definition) is 1. The van der Waals surface area contributed by atoms with E-state index < -0.39 is 0 Å². The van der Waals surface area contributed by atoms with Crippen molar-refractivity contribution in [3.8, 4) is 17.0 Å². The summed E-state index contributed by atoms with van der Waals surface area (Å²) in [5.74, 6) is 0.272. The summed E-state index contributed by atoms with van der Waals surface area (Å²) in [7, 11) is 0. The molecule has 2 aromatic rings. The second kappa shape index (κ2) is 3.27. The van der Waals surface area contributed by atoms with Crippen molar-refractivity contribution in [3.05, 3.63) is 48.7 Å². The molecule has 2 N–H and O–H groups in total. The summed E-state index contributed by atoms with van der Waals surface area (Å²) >= 11 is 0. The van der Waals surface area contributed by atoms with Gasteiger partial charge in [-0.3, -0.25) is 0 Å². The lowest BCUT2D eigenvalue weighted by atomic mass is 10.1. The van der Waals surface area contributed by atoms with Crippen LogP contribution < -0.4 is 4.98 Å². The molecule has 0 aliphatic heterocycles. The summed E-state index contributed by atoms with van der Waals surface area (Å²) < 4.78 is 0. The fourth-order valence-corrected chi connectivity index (χ4v) is 1.26. The van der Waals surface area contributed by atoms with E-state index in [1.165, 1.54) is 0 Å². The van der Waals surface area contributed by atoms with Gasteiger partial charge in [0.1, 0.15) is 0 Å². The molecule has 0 unspecified atom stereocenters. The molecule has 0 aliphatic rings. The molecule has 0 saturated heterocycles. The normalized spacial score (nSPS) is 9.85. The van der Waals surface area contributed by atoms with Crippen molar-refractivity contribution in [2.24, 2.45) is 0 Å². The van der Waals surface area contributed by atoms with Gasteiger partial charge >= 0.3 is 0 Å². The largest absolute Gasteiger partial charge is 0.502 e. The first-order valence-corrected chi connectivity index (χ1v) is 4.13. The van der Waals surface area contributed by atoms with Crippen molar-refractivity contribution < 1.29 is 10.1 Å². The number of rotatable bonds is 1. The first-order valence-electron chi connectivity index (χ1n) is 4.13. The maximum Gasteiger partial charge on any atom is 0.252 e. The van der Waals surface area contributed by atoms with Crippen LogP contribution in [0.5, 0.6) is 5.75 Å². The highest BCUT2D eigenvalue weighted by Gasteiger charge is 2.08. The van der Waals surface area contributed by atoms with E-state index in [9.17, 15) is 5.11 Å². The van der Waals surface area contributed by atoms with Gasteiger partial charge in [-0.2, -0.15) is 0 Å². The van der Waals surface area contributed by atoms with Crippen molar-refractivity contribution in [2.45, 2.75) is 0 Å². The van der Waals surface area contributed by atoms with Crippen LogP contribution in [0.4, 0.5) is 0 Å². The lowest BCUT2D eigenvalue weighted by Gasteiger charge is -1.95. The molecule has 64 valence electrons. The summed E-state index contributed by atoms with van der Waals surface area (Å²) in [6, 6.07) is 13.2. The van der Waals surface area contributed by atoms with E-state index in [2.05, 4.69) is 4.98 Å². The van der Waals surface area contributed by atoms with Crippen molar-refractivity contribution in [1.29, 1.82) is 0 Å². The molecule has 0 radical (unpaired) electrons. The standard InChI is InChI=1S/C11H9NO/c13-10-7-4-8-12-11(10)9-5-2-1-3-6-9/h1-8,13H/p+1. The van der Waals surface area contributed by atoms with E-state index in [4.69, 9.17) is 0 Å². The molecule has 0 bridgehead atoms. The van der Waals surface area contributed by atoms with Crippen LogP contribution in [0.1, 0.15) is 0 Å². The van der Waals surface area contributed by atoms with Crippen LogP contribution in [0.25, 0.3) is 11.3 Å². The van der Waals surface area contributed by atoms with Crippen LogP contribution in [0.2, 0.25) is 0 Å². The molecular formula is C11H10NO+. The first kappa shape index (κ1) is 7.80. The summed E-state index contributed by atoms with van der Waals surface area (Å²) in [6.07, 6.45) is 1.79. The smallest absolute Gasteiger partial charge is 0.252 e. The van der Waals surface area contributed by atoms with Gasteiger partial charge < -0.3 is 5.11 Å². The Kier molecular flexibility index (Phi) is 1.96. The molecule has 0 aliphatic carbocycles. The molecule has 1 aromatic carbocycles. The Hall–Kier alpha value is -1.83. The van der Waals surface area contributed by atoms with Crippen LogP contribution in [0.3, 0.4) is 0 Å². The van der Waals surface area contributed by atoms with Crippen molar-refractivity contribution in [3.63, 3.8) is 0 Å². The zero-order chi connectivity index (χ0) is 9.10. The number of hydrogen-bond acceptors (Lipinski definition) is 1. The minimum Gasteiger partial charge on any atom is -0.502 e.